The Morgan fingerprint density at radius 1 is 0.622 bits per heavy atom. The van der Waals surface area contributed by atoms with Gasteiger partial charge < -0.3 is 19.7 Å². The standard InChI is InChI=1S/C16H16O4.C8HF15O2/c1-19-13-8-12(9-14(10-13)20-2)16(18)15(17)11-6-4-3-5-7-11;9-2(10,1(24)25)3(11,12)4(13,14)5(15,16)6(17,18)7(19,20)8(21,22)23/h3-10,16,18H,1-2H3;(H,24,25). The smallest absolute Gasteiger partial charge is 0.460 e. The molecule has 0 aliphatic rings. The van der Waals surface area contributed by atoms with E-state index in [1.165, 1.54) is 14.2 Å². The molecule has 0 radical (unpaired) electrons. The molecule has 2 aromatic rings. The molecule has 1 atom stereocenters. The van der Waals surface area contributed by atoms with Gasteiger partial charge in [-0.3, -0.25) is 4.79 Å². The number of ketones is 1. The van der Waals surface area contributed by atoms with E-state index in [9.17, 15) is 80.6 Å². The first-order chi connectivity index (χ1) is 20.1. The lowest BCUT2D eigenvalue weighted by molar-refractivity contribution is -0.450. The molecule has 2 aromatic carbocycles. The molecule has 0 saturated heterocycles. The van der Waals surface area contributed by atoms with E-state index >= 15 is 0 Å². The van der Waals surface area contributed by atoms with Crippen molar-refractivity contribution < 1.29 is 95.1 Å². The van der Waals surface area contributed by atoms with Crippen LogP contribution in [0.15, 0.2) is 48.5 Å². The van der Waals surface area contributed by atoms with Crippen LogP contribution in [0.3, 0.4) is 0 Å². The fourth-order valence-electron chi connectivity index (χ4n) is 3.00. The zero-order valence-electron chi connectivity index (χ0n) is 21.9. The summed E-state index contributed by atoms with van der Waals surface area (Å²) in [4.78, 5) is 21.9. The van der Waals surface area contributed by atoms with Crippen molar-refractivity contribution in [3.8, 4) is 11.5 Å². The molecule has 0 bridgehead atoms. The maximum atomic E-state index is 12.8. The van der Waals surface area contributed by atoms with E-state index < -0.39 is 53.8 Å². The van der Waals surface area contributed by atoms with E-state index in [2.05, 4.69) is 0 Å². The van der Waals surface area contributed by atoms with Crippen LogP contribution >= 0.6 is 0 Å². The second-order valence-corrected chi connectivity index (χ2v) is 8.53. The van der Waals surface area contributed by atoms with Gasteiger partial charge in [0.25, 0.3) is 0 Å². The highest BCUT2D eigenvalue weighted by atomic mass is 19.4. The van der Waals surface area contributed by atoms with Crippen molar-refractivity contribution in [1.29, 1.82) is 0 Å². The number of alkyl halides is 15. The van der Waals surface area contributed by atoms with Gasteiger partial charge in [-0.1, -0.05) is 30.3 Å². The van der Waals surface area contributed by atoms with Crippen molar-refractivity contribution >= 4 is 11.8 Å². The number of benzene rings is 2. The number of Topliss-reactive ketones (excluding diaryl/α,β-unsaturated/α-hetero) is 1. The van der Waals surface area contributed by atoms with Crippen LogP contribution in [0.2, 0.25) is 0 Å². The average Bonchev–Trinajstić information content (AvgIpc) is 2.95. The van der Waals surface area contributed by atoms with Crippen LogP contribution in [0.4, 0.5) is 65.9 Å². The molecule has 0 saturated carbocycles. The first-order valence-electron chi connectivity index (χ1n) is 11.2. The van der Waals surface area contributed by atoms with Crippen LogP contribution in [0.5, 0.6) is 11.5 Å². The topological polar surface area (TPSA) is 93.1 Å². The lowest BCUT2D eigenvalue weighted by Gasteiger charge is -2.40. The van der Waals surface area contributed by atoms with Gasteiger partial charge in [-0.25, -0.2) is 4.79 Å². The van der Waals surface area contributed by atoms with Gasteiger partial charge in [0.15, 0.2) is 5.78 Å². The summed E-state index contributed by atoms with van der Waals surface area (Å²) in [5.74, 6) is -52.1. The summed E-state index contributed by atoms with van der Waals surface area (Å²) in [6, 6.07) is 13.6. The number of ether oxygens (including phenoxy) is 2. The number of carboxylic acid groups (broad SMARTS) is 1. The molecule has 1 unspecified atom stereocenters. The quantitative estimate of drug-likeness (QED) is 0.194. The van der Waals surface area contributed by atoms with E-state index in [-0.39, 0.29) is 5.78 Å². The Morgan fingerprint density at radius 2 is 1.00 bits per heavy atom. The molecule has 45 heavy (non-hydrogen) atoms. The highest BCUT2D eigenvalue weighted by molar-refractivity contribution is 5.99. The third kappa shape index (κ3) is 6.86. The van der Waals surface area contributed by atoms with E-state index in [1.54, 1.807) is 42.5 Å². The van der Waals surface area contributed by atoms with Gasteiger partial charge in [0.2, 0.25) is 0 Å². The SMILES string of the molecule is COc1cc(OC)cc(C(O)C(=O)c2ccccc2)c1.O=C(O)C(F)(F)C(F)(F)C(F)(F)C(F)(F)C(F)(F)C(F)(F)C(F)(F)F. The van der Waals surface area contributed by atoms with Gasteiger partial charge in [-0.15, -0.1) is 0 Å². The fourth-order valence-corrected chi connectivity index (χ4v) is 3.00. The molecule has 254 valence electrons. The Morgan fingerprint density at radius 3 is 1.36 bits per heavy atom. The number of aliphatic hydroxyl groups excluding tert-OH is 1. The van der Waals surface area contributed by atoms with Crippen molar-refractivity contribution in [3.05, 3.63) is 59.7 Å². The molecule has 2 N–H and O–H groups in total. The number of methoxy groups -OCH3 is 2. The van der Waals surface area contributed by atoms with Crippen molar-refractivity contribution in [2.75, 3.05) is 14.2 Å². The highest BCUT2D eigenvalue weighted by Gasteiger charge is 2.94. The van der Waals surface area contributed by atoms with Crippen LogP contribution in [-0.4, -0.2) is 77.9 Å². The van der Waals surface area contributed by atoms with Crippen LogP contribution in [0, 0.1) is 0 Å². The Balaban J connectivity index is 0.000000459. The van der Waals surface area contributed by atoms with Crippen molar-refractivity contribution in [3.63, 3.8) is 0 Å². The summed E-state index contributed by atoms with van der Waals surface area (Å²) in [6.07, 6.45) is -8.94. The lowest BCUT2D eigenvalue weighted by atomic mass is 9.91. The van der Waals surface area contributed by atoms with Gasteiger partial charge in [-0.2, -0.15) is 65.9 Å². The van der Waals surface area contributed by atoms with E-state index in [1.807, 2.05) is 6.07 Å². The van der Waals surface area contributed by atoms with E-state index in [4.69, 9.17) is 14.6 Å². The van der Waals surface area contributed by atoms with Crippen molar-refractivity contribution in [1.82, 2.24) is 0 Å². The number of halogens is 15. The molecule has 21 heteroatoms. The maximum absolute atomic E-state index is 12.8. The van der Waals surface area contributed by atoms with Gasteiger partial charge in [0.05, 0.1) is 14.2 Å². The minimum absolute atomic E-state index is 0.360. The summed E-state index contributed by atoms with van der Waals surface area (Å²) in [6.45, 7) is 0. The lowest BCUT2D eigenvalue weighted by Crippen LogP contribution is -2.73. The number of rotatable bonds is 11. The second-order valence-electron chi connectivity index (χ2n) is 8.53. The minimum atomic E-state index is -8.47. The zero-order valence-corrected chi connectivity index (χ0v) is 21.9. The van der Waals surface area contributed by atoms with E-state index in [0.717, 1.165) is 0 Å². The Kier molecular flexibility index (Phi) is 11.2. The first-order valence-corrected chi connectivity index (χ1v) is 11.2. The molecule has 0 fully saturated rings. The predicted molar refractivity (Wildman–Crippen MR) is 119 cm³/mol. The summed E-state index contributed by atoms with van der Waals surface area (Å²) >= 11 is 0. The van der Waals surface area contributed by atoms with Crippen molar-refractivity contribution in [2.45, 2.75) is 47.8 Å². The third-order valence-corrected chi connectivity index (χ3v) is 5.59. The molecule has 0 spiro atoms. The highest BCUT2D eigenvalue weighted by Crippen LogP contribution is 2.62. The molecular weight excluding hydrogens is 669 g/mol. The van der Waals surface area contributed by atoms with Crippen LogP contribution < -0.4 is 9.47 Å². The number of carbonyl (C=O) groups excluding carboxylic acids is 1. The number of hydrogen-bond donors (Lipinski definition) is 2. The normalized spacial score (nSPS) is 14.2. The van der Waals surface area contributed by atoms with Gasteiger partial charge in [0, 0.05) is 11.6 Å². The monoisotopic (exact) mass is 686 g/mol. The Bertz CT molecular complexity index is 1320. The second kappa shape index (κ2) is 12.8. The third-order valence-electron chi connectivity index (χ3n) is 5.59. The summed E-state index contributed by atoms with van der Waals surface area (Å²) in [5, 5.41) is 17.8. The minimum Gasteiger partial charge on any atom is -0.497 e. The maximum Gasteiger partial charge on any atom is 0.460 e. The number of aliphatic hydroxyl groups is 1. The Hall–Kier alpha value is -3.91. The fraction of sp³-hybridized carbons (Fsp3) is 0.417. The van der Waals surface area contributed by atoms with Gasteiger partial charge in [-0.05, 0) is 17.7 Å². The first kappa shape index (κ1) is 39.1. The predicted octanol–water partition coefficient (Wildman–Crippen LogP) is 7.07. The average molecular weight is 686 g/mol. The molecule has 0 amide bonds. The van der Waals surface area contributed by atoms with Gasteiger partial charge >= 0.3 is 47.7 Å². The van der Waals surface area contributed by atoms with Crippen molar-refractivity contribution in [2.24, 2.45) is 0 Å². The Labute approximate surface area is 240 Å². The van der Waals surface area contributed by atoms with E-state index in [0.29, 0.717) is 22.6 Å². The number of carbonyl (C=O) groups is 2. The molecule has 0 aliphatic carbocycles. The molecule has 0 aromatic heterocycles. The van der Waals surface area contributed by atoms with Crippen LogP contribution in [0.1, 0.15) is 22.0 Å². The molecule has 2 rings (SSSR count). The molecular formula is C24H17F15O6. The number of hydrogen-bond acceptors (Lipinski definition) is 5. The zero-order chi connectivity index (χ0) is 35.6. The van der Waals surface area contributed by atoms with Crippen LogP contribution in [0.25, 0.3) is 0 Å². The summed E-state index contributed by atoms with van der Waals surface area (Å²) < 4.78 is 197. The molecule has 6 nitrogen and oxygen atoms in total. The summed E-state index contributed by atoms with van der Waals surface area (Å²) in [5.41, 5.74) is 0.900. The number of aliphatic carboxylic acids is 1. The summed E-state index contributed by atoms with van der Waals surface area (Å²) in [7, 11) is 3.04. The largest absolute Gasteiger partial charge is 0.497 e. The molecule has 0 aliphatic heterocycles. The van der Waals surface area contributed by atoms with Crippen LogP contribution in [-0.2, 0) is 4.79 Å². The number of carboxylic acids is 1. The van der Waals surface area contributed by atoms with Gasteiger partial charge in [0.1, 0.15) is 17.6 Å². The molecule has 0 heterocycles.